The quantitative estimate of drug-likeness (QED) is 0.464. The zero-order chi connectivity index (χ0) is 9.94. The van der Waals surface area contributed by atoms with Crippen LogP contribution in [0.25, 0.3) is 0 Å². The maximum absolute atomic E-state index is 5.46. The van der Waals surface area contributed by atoms with E-state index >= 15 is 0 Å². The van der Waals surface area contributed by atoms with Gasteiger partial charge < -0.3 is 9.47 Å². The lowest BCUT2D eigenvalue weighted by Crippen LogP contribution is -2.05. The van der Waals surface area contributed by atoms with Crippen molar-refractivity contribution < 1.29 is 9.47 Å². The van der Waals surface area contributed by atoms with Crippen molar-refractivity contribution in [1.29, 1.82) is 0 Å². The van der Waals surface area contributed by atoms with E-state index in [1.54, 1.807) is 7.11 Å². The van der Waals surface area contributed by atoms with Gasteiger partial charge in [0.1, 0.15) is 0 Å². The molecule has 0 fully saturated rings. The second-order valence-electron chi connectivity index (χ2n) is 3.33. The average Bonchev–Trinajstić information content (AvgIpc) is 2.11. The predicted molar refractivity (Wildman–Crippen MR) is 59.5 cm³/mol. The summed E-state index contributed by atoms with van der Waals surface area (Å²) < 4.78 is 10.4. The van der Waals surface area contributed by atoms with Crippen LogP contribution < -0.4 is 0 Å². The van der Waals surface area contributed by atoms with Crippen LogP contribution in [-0.2, 0) is 9.47 Å². The third kappa shape index (κ3) is 10.3. The number of methoxy groups -OCH3 is 1. The largest absolute Gasteiger partial charge is 0.385 e. The summed E-state index contributed by atoms with van der Waals surface area (Å²) in [5, 5.41) is 1.10. The van der Waals surface area contributed by atoms with Gasteiger partial charge in [0.15, 0.2) is 0 Å². The van der Waals surface area contributed by atoms with Crippen LogP contribution in [0.3, 0.4) is 0 Å². The van der Waals surface area contributed by atoms with E-state index in [-0.39, 0.29) is 0 Å². The zero-order valence-corrected chi connectivity index (χ0v) is 10.3. The molecule has 0 aliphatic rings. The smallest absolute Gasteiger partial charge is 0.0487 e. The van der Waals surface area contributed by atoms with Crippen LogP contribution in [0.1, 0.15) is 26.2 Å². The third-order valence-corrected chi connectivity index (χ3v) is 2.45. The van der Waals surface area contributed by atoms with Crippen LogP contribution in [0.4, 0.5) is 0 Å². The highest BCUT2D eigenvalue weighted by Gasteiger charge is 2.00. The Balaban J connectivity index is 2.97. The van der Waals surface area contributed by atoms with Crippen molar-refractivity contribution in [1.82, 2.24) is 0 Å². The van der Waals surface area contributed by atoms with Gasteiger partial charge in [-0.2, -0.15) is 0 Å². The summed E-state index contributed by atoms with van der Waals surface area (Å²) in [6.45, 7) is 4.78. The van der Waals surface area contributed by atoms with E-state index in [1.165, 1.54) is 12.8 Å². The maximum Gasteiger partial charge on any atom is 0.0487 e. The normalized spacial score (nSPS) is 13.2. The first kappa shape index (κ1) is 13.4. The van der Waals surface area contributed by atoms with Gasteiger partial charge in [-0.25, -0.2) is 0 Å². The number of rotatable bonds is 9. The second-order valence-corrected chi connectivity index (χ2v) is 4.12. The number of hydrogen-bond donors (Lipinski definition) is 0. The van der Waals surface area contributed by atoms with Crippen molar-refractivity contribution >= 4 is 15.9 Å². The molecule has 0 heterocycles. The van der Waals surface area contributed by atoms with Gasteiger partial charge in [-0.05, 0) is 25.2 Å². The van der Waals surface area contributed by atoms with Gasteiger partial charge in [0, 0.05) is 32.3 Å². The maximum atomic E-state index is 5.46. The van der Waals surface area contributed by atoms with Gasteiger partial charge in [-0.1, -0.05) is 22.9 Å². The lowest BCUT2D eigenvalue weighted by atomic mass is 10.1. The summed E-state index contributed by atoms with van der Waals surface area (Å²) in [6, 6.07) is 0. The molecule has 1 atom stereocenters. The zero-order valence-electron chi connectivity index (χ0n) is 8.72. The van der Waals surface area contributed by atoms with E-state index in [0.717, 1.165) is 37.5 Å². The van der Waals surface area contributed by atoms with Gasteiger partial charge in [0.2, 0.25) is 0 Å². The SMILES string of the molecule is COCCCOCCC(C)CCBr. The molecule has 1 unspecified atom stereocenters. The van der Waals surface area contributed by atoms with E-state index in [4.69, 9.17) is 9.47 Å². The first-order valence-electron chi connectivity index (χ1n) is 4.94. The van der Waals surface area contributed by atoms with Gasteiger partial charge in [0.25, 0.3) is 0 Å². The Kier molecular flexibility index (Phi) is 10.8. The molecule has 3 heteroatoms. The summed E-state index contributed by atoms with van der Waals surface area (Å²) in [5.74, 6) is 0.766. The molecule has 0 rings (SSSR count). The molecular formula is C10H21BrO2. The fourth-order valence-corrected chi connectivity index (χ4v) is 1.80. The van der Waals surface area contributed by atoms with Crippen molar-refractivity contribution in [2.24, 2.45) is 5.92 Å². The lowest BCUT2D eigenvalue weighted by molar-refractivity contribution is 0.0947. The average molecular weight is 253 g/mol. The molecular weight excluding hydrogens is 232 g/mol. The summed E-state index contributed by atoms with van der Waals surface area (Å²) in [5.41, 5.74) is 0. The van der Waals surface area contributed by atoms with E-state index in [2.05, 4.69) is 22.9 Å². The van der Waals surface area contributed by atoms with Gasteiger partial charge in [0.05, 0.1) is 0 Å². The first-order valence-corrected chi connectivity index (χ1v) is 6.06. The molecule has 0 saturated carbocycles. The van der Waals surface area contributed by atoms with E-state index in [0.29, 0.717) is 0 Å². The van der Waals surface area contributed by atoms with Gasteiger partial charge in [-0.3, -0.25) is 0 Å². The molecule has 0 bridgehead atoms. The second kappa shape index (κ2) is 10.5. The topological polar surface area (TPSA) is 18.5 Å². The Morgan fingerprint density at radius 3 is 2.54 bits per heavy atom. The van der Waals surface area contributed by atoms with E-state index in [1.807, 2.05) is 0 Å². The molecule has 0 aromatic rings. The summed E-state index contributed by atoms with van der Waals surface area (Å²) >= 11 is 3.44. The number of ether oxygens (including phenoxy) is 2. The Labute approximate surface area is 90.1 Å². The first-order chi connectivity index (χ1) is 6.31. The van der Waals surface area contributed by atoms with E-state index in [9.17, 15) is 0 Å². The summed E-state index contributed by atoms with van der Waals surface area (Å²) in [7, 11) is 1.72. The molecule has 0 aliphatic heterocycles. The minimum Gasteiger partial charge on any atom is -0.385 e. The summed E-state index contributed by atoms with van der Waals surface area (Å²) in [6.07, 6.45) is 3.41. The van der Waals surface area contributed by atoms with Crippen LogP contribution >= 0.6 is 15.9 Å². The molecule has 0 aliphatic carbocycles. The van der Waals surface area contributed by atoms with Crippen molar-refractivity contribution in [2.45, 2.75) is 26.2 Å². The highest BCUT2D eigenvalue weighted by Crippen LogP contribution is 2.08. The molecule has 0 aromatic heterocycles. The van der Waals surface area contributed by atoms with Crippen LogP contribution in [0.5, 0.6) is 0 Å². The molecule has 0 spiro atoms. The Morgan fingerprint density at radius 2 is 1.92 bits per heavy atom. The Morgan fingerprint density at radius 1 is 1.15 bits per heavy atom. The monoisotopic (exact) mass is 252 g/mol. The highest BCUT2D eigenvalue weighted by atomic mass is 79.9. The van der Waals surface area contributed by atoms with Crippen molar-refractivity contribution in [3.63, 3.8) is 0 Å². The molecule has 0 aromatic carbocycles. The van der Waals surface area contributed by atoms with Crippen molar-refractivity contribution in [3.8, 4) is 0 Å². The molecule has 0 amide bonds. The molecule has 2 nitrogen and oxygen atoms in total. The minimum atomic E-state index is 0.766. The molecule has 0 saturated heterocycles. The standard InChI is InChI=1S/C10H21BrO2/c1-10(4-6-11)5-9-13-8-3-7-12-2/h10H,3-9H2,1-2H3. The number of alkyl halides is 1. The number of halogens is 1. The highest BCUT2D eigenvalue weighted by molar-refractivity contribution is 9.09. The molecule has 80 valence electrons. The fourth-order valence-electron chi connectivity index (χ4n) is 1.02. The molecule has 0 radical (unpaired) electrons. The minimum absolute atomic E-state index is 0.766. The predicted octanol–water partition coefficient (Wildman–Crippen LogP) is 2.85. The van der Waals surface area contributed by atoms with Gasteiger partial charge >= 0.3 is 0 Å². The lowest BCUT2D eigenvalue weighted by Gasteiger charge is -2.09. The van der Waals surface area contributed by atoms with Crippen LogP contribution in [0.2, 0.25) is 0 Å². The number of hydrogen-bond acceptors (Lipinski definition) is 2. The molecule has 0 N–H and O–H groups in total. The summed E-state index contributed by atoms with van der Waals surface area (Å²) in [4.78, 5) is 0. The molecule has 13 heavy (non-hydrogen) atoms. The van der Waals surface area contributed by atoms with Gasteiger partial charge in [-0.15, -0.1) is 0 Å². The van der Waals surface area contributed by atoms with Crippen LogP contribution in [0.15, 0.2) is 0 Å². The van der Waals surface area contributed by atoms with Crippen molar-refractivity contribution in [2.75, 3.05) is 32.3 Å². The van der Waals surface area contributed by atoms with Crippen LogP contribution in [0, 0.1) is 5.92 Å². The third-order valence-electron chi connectivity index (χ3n) is 1.99. The van der Waals surface area contributed by atoms with Crippen LogP contribution in [-0.4, -0.2) is 32.3 Å². The fraction of sp³-hybridized carbons (Fsp3) is 1.00. The Bertz CT molecular complexity index is 98.9. The Hall–Kier alpha value is 0.400. The van der Waals surface area contributed by atoms with Crippen molar-refractivity contribution in [3.05, 3.63) is 0 Å². The van der Waals surface area contributed by atoms with E-state index < -0.39 is 0 Å².